The molecule has 0 heterocycles. The summed E-state index contributed by atoms with van der Waals surface area (Å²) < 4.78 is 26.8. The van der Waals surface area contributed by atoms with E-state index in [1.807, 2.05) is 0 Å². The van der Waals surface area contributed by atoms with Crippen molar-refractivity contribution in [3.05, 3.63) is 71.3 Å². The first kappa shape index (κ1) is 25.9. The molecule has 0 radical (unpaired) electrons. The van der Waals surface area contributed by atoms with Crippen molar-refractivity contribution in [2.75, 3.05) is 13.2 Å². The first-order valence-corrected chi connectivity index (χ1v) is 11.6. The van der Waals surface area contributed by atoms with E-state index >= 15 is 0 Å². The zero-order valence-corrected chi connectivity index (χ0v) is 18.5. The fourth-order valence-electron chi connectivity index (χ4n) is 2.81. The molecule has 0 bridgehead atoms. The predicted molar refractivity (Wildman–Crippen MR) is 121 cm³/mol. The second-order valence-electron chi connectivity index (χ2n) is 7.17. The van der Waals surface area contributed by atoms with Crippen LogP contribution in [-0.4, -0.2) is 61.6 Å². The maximum atomic E-state index is 12.4. The highest BCUT2D eigenvalue weighted by molar-refractivity contribution is 7.88. The van der Waals surface area contributed by atoms with Gasteiger partial charge >= 0.3 is 0 Å². The molecule has 0 spiro atoms. The van der Waals surface area contributed by atoms with Crippen molar-refractivity contribution in [3.63, 3.8) is 0 Å². The van der Waals surface area contributed by atoms with E-state index in [0.717, 1.165) is 0 Å². The van der Waals surface area contributed by atoms with Gasteiger partial charge in [-0.05, 0) is 11.1 Å². The van der Waals surface area contributed by atoms with E-state index in [1.54, 1.807) is 54.6 Å². The molecule has 11 nitrogen and oxygen atoms in total. The van der Waals surface area contributed by atoms with Crippen molar-refractivity contribution in [3.8, 4) is 0 Å². The minimum absolute atomic E-state index is 0.0799. The highest BCUT2D eigenvalue weighted by atomic mass is 32.2. The number of rotatable bonds is 12. The van der Waals surface area contributed by atoms with Crippen LogP contribution in [0.2, 0.25) is 0 Å². The number of aliphatic hydroxyl groups excluding tert-OH is 2. The molecule has 0 saturated heterocycles. The van der Waals surface area contributed by atoms with Crippen LogP contribution in [0.3, 0.4) is 0 Å². The number of amidine groups is 1. The van der Waals surface area contributed by atoms with Gasteiger partial charge in [-0.15, -0.1) is 0 Å². The highest BCUT2D eigenvalue weighted by Gasteiger charge is 2.28. The number of nitrogens with one attached hydrogen (secondary N) is 4. The normalized spacial score (nSPS) is 13.0. The van der Waals surface area contributed by atoms with Crippen molar-refractivity contribution in [1.29, 1.82) is 5.41 Å². The van der Waals surface area contributed by atoms with E-state index in [4.69, 9.17) is 11.1 Å². The topological polar surface area (TPSA) is 195 Å². The molecule has 2 aromatic carbocycles. The second kappa shape index (κ2) is 12.1. The summed E-state index contributed by atoms with van der Waals surface area (Å²) in [5.41, 5.74) is 7.10. The van der Waals surface area contributed by atoms with E-state index in [1.165, 1.54) is 0 Å². The van der Waals surface area contributed by atoms with E-state index in [2.05, 4.69) is 15.4 Å². The Bertz CT molecular complexity index is 1060. The Labute approximate surface area is 191 Å². The van der Waals surface area contributed by atoms with Crippen LogP contribution in [-0.2, 0) is 31.9 Å². The first-order chi connectivity index (χ1) is 15.6. The van der Waals surface area contributed by atoms with Gasteiger partial charge in [-0.1, -0.05) is 54.6 Å². The molecule has 0 saturated carbocycles. The molecule has 2 amide bonds. The molecule has 0 aliphatic heterocycles. The third kappa shape index (κ3) is 8.27. The predicted octanol–water partition coefficient (Wildman–Crippen LogP) is -1.46. The van der Waals surface area contributed by atoms with Gasteiger partial charge in [0.15, 0.2) is 0 Å². The molecule has 0 aromatic heterocycles. The van der Waals surface area contributed by atoms with Gasteiger partial charge in [0, 0.05) is 12.1 Å². The van der Waals surface area contributed by atoms with Crippen LogP contribution in [0.1, 0.15) is 16.7 Å². The van der Waals surface area contributed by atoms with Crippen molar-refractivity contribution in [1.82, 2.24) is 15.4 Å². The summed E-state index contributed by atoms with van der Waals surface area (Å²) in [5, 5.41) is 31.1. The summed E-state index contributed by atoms with van der Waals surface area (Å²) in [6.45, 7) is -1.51. The molecular formula is C21H27N5O6S. The van der Waals surface area contributed by atoms with E-state index in [9.17, 15) is 28.2 Å². The highest BCUT2D eigenvalue weighted by Crippen LogP contribution is 2.06. The lowest BCUT2D eigenvalue weighted by Gasteiger charge is -2.21. The number of hydrogen-bond acceptors (Lipinski definition) is 7. The molecule has 12 heteroatoms. The van der Waals surface area contributed by atoms with Gasteiger partial charge in [-0.2, -0.15) is 0 Å². The van der Waals surface area contributed by atoms with E-state index < -0.39 is 52.9 Å². The fraction of sp³-hybridized carbons (Fsp3) is 0.286. The maximum absolute atomic E-state index is 12.4. The molecule has 0 aliphatic rings. The van der Waals surface area contributed by atoms with Crippen molar-refractivity contribution < 1.29 is 28.2 Å². The van der Waals surface area contributed by atoms with Gasteiger partial charge in [-0.3, -0.25) is 15.0 Å². The van der Waals surface area contributed by atoms with Gasteiger partial charge in [0.1, 0.15) is 17.9 Å². The molecule has 0 aliphatic carbocycles. The molecule has 33 heavy (non-hydrogen) atoms. The number of carbonyl (C=O) groups is 2. The molecule has 2 rings (SSSR count). The Kier molecular flexibility index (Phi) is 9.48. The van der Waals surface area contributed by atoms with Gasteiger partial charge in [0.25, 0.3) is 0 Å². The van der Waals surface area contributed by atoms with E-state index in [-0.39, 0.29) is 12.4 Å². The number of carbonyl (C=O) groups excluding carboxylic acids is 2. The lowest BCUT2D eigenvalue weighted by molar-refractivity contribution is -0.131. The maximum Gasteiger partial charge on any atom is 0.245 e. The average molecular weight is 478 g/mol. The lowest BCUT2D eigenvalue weighted by Crippen LogP contribution is -2.56. The molecule has 2 atom stereocenters. The second-order valence-corrected chi connectivity index (χ2v) is 8.92. The zero-order valence-electron chi connectivity index (χ0n) is 17.7. The Balaban J connectivity index is 1.93. The molecule has 0 fully saturated rings. The van der Waals surface area contributed by atoms with Crippen LogP contribution in [0.15, 0.2) is 54.6 Å². The Morgan fingerprint density at radius 1 is 0.909 bits per heavy atom. The number of hydrogen-bond donors (Lipinski definition) is 7. The minimum Gasteiger partial charge on any atom is -0.394 e. The summed E-state index contributed by atoms with van der Waals surface area (Å²) in [6, 6.07) is 11.9. The number of sulfonamides is 1. The average Bonchev–Trinajstić information content (AvgIpc) is 2.79. The Morgan fingerprint density at radius 2 is 1.52 bits per heavy atom. The number of amides is 2. The smallest absolute Gasteiger partial charge is 0.245 e. The summed E-state index contributed by atoms with van der Waals surface area (Å²) >= 11 is 0. The molecule has 8 N–H and O–H groups in total. The number of aliphatic hydroxyl groups is 2. The van der Waals surface area contributed by atoms with Gasteiger partial charge in [0.05, 0.1) is 19.0 Å². The molecule has 0 unspecified atom stereocenters. The monoisotopic (exact) mass is 477 g/mol. The third-order valence-electron chi connectivity index (χ3n) is 4.57. The first-order valence-electron chi connectivity index (χ1n) is 9.92. The summed E-state index contributed by atoms with van der Waals surface area (Å²) in [4.78, 5) is 24.8. The van der Waals surface area contributed by atoms with Gasteiger partial charge in [-0.25, -0.2) is 13.1 Å². The van der Waals surface area contributed by atoms with E-state index in [0.29, 0.717) is 16.7 Å². The largest absolute Gasteiger partial charge is 0.394 e. The standard InChI is InChI=1S/C21H27N5O6S/c22-19(23)16-8-6-14(7-9-16)10-24-20(29)17(11-27)25-21(30)18(12-28)26-33(31,32)13-15-4-2-1-3-5-15/h1-9,17-18,26-28H,10-13H2,(H3,22,23)(H,24,29)(H,25,30)/t17-,18+/m1/s1. The summed E-state index contributed by atoms with van der Waals surface area (Å²) in [6.07, 6.45) is 0. The molecule has 178 valence electrons. The van der Waals surface area contributed by atoms with Crippen molar-refractivity contribution >= 4 is 27.7 Å². The summed E-state index contributed by atoms with van der Waals surface area (Å²) in [5.74, 6) is -2.16. The molecular weight excluding hydrogens is 450 g/mol. The minimum atomic E-state index is -3.97. The van der Waals surface area contributed by atoms with Gasteiger partial charge < -0.3 is 26.6 Å². The number of nitrogen functional groups attached to an aromatic ring is 1. The Hall–Kier alpha value is -3.32. The fourth-order valence-corrected chi connectivity index (χ4v) is 4.14. The van der Waals surface area contributed by atoms with Crippen LogP contribution in [0.5, 0.6) is 0 Å². The SMILES string of the molecule is N=C(N)c1ccc(CNC(=O)[C@@H](CO)NC(=O)[C@H](CO)NS(=O)(=O)Cc2ccccc2)cc1. The third-order valence-corrected chi connectivity index (χ3v) is 5.92. The van der Waals surface area contributed by atoms with Crippen molar-refractivity contribution in [2.24, 2.45) is 5.73 Å². The quantitative estimate of drug-likeness (QED) is 0.143. The van der Waals surface area contributed by atoms with Gasteiger partial charge in [0.2, 0.25) is 21.8 Å². The van der Waals surface area contributed by atoms with Crippen LogP contribution in [0.4, 0.5) is 0 Å². The van der Waals surface area contributed by atoms with Crippen LogP contribution < -0.4 is 21.1 Å². The van der Waals surface area contributed by atoms with Crippen LogP contribution >= 0.6 is 0 Å². The number of nitrogens with two attached hydrogens (primary N) is 1. The van der Waals surface area contributed by atoms with Crippen LogP contribution in [0, 0.1) is 5.41 Å². The van der Waals surface area contributed by atoms with Crippen molar-refractivity contribution in [2.45, 2.75) is 24.4 Å². The zero-order chi connectivity index (χ0) is 24.4. The summed E-state index contributed by atoms with van der Waals surface area (Å²) in [7, 11) is -3.97. The number of benzene rings is 2. The van der Waals surface area contributed by atoms with Crippen LogP contribution in [0.25, 0.3) is 0 Å². The molecule has 2 aromatic rings. The lowest BCUT2D eigenvalue weighted by atomic mass is 10.1. The Morgan fingerprint density at radius 3 is 2.06 bits per heavy atom.